The Morgan fingerprint density at radius 2 is 2.00 bits per heavy atom. The van der Waals surface area contributed by atoms with Crippen LogP contribution >= 0.6 is 0 Å². The van der Waals surface area contributed by atoms with E-state index in [1.54, 1.807) is 0 Å². The summed E-state index contributed by atoms with van der Waals surface area (Å²) in [5.41, 5.74) is -0.414. The third-order valence-electron chi connectivity index (χ3n) is 3.13. The molecule has 6 nitrogen and oxygen atoms in total. The topological polar surface area (TPSA) is 92.5 Å². The van der Waals surface area contributed by atoms with Crippen LogP contribution in [0.5, 0.6) is 0 Å². The lowest BCUT2D eigenvalue weighted by molar-refractivity contribution is -0.384. The molecule has 104 valence electrons. The molecule has 0 aliphatic heterocycles. The predicted molar refractivity (Wildman–Crippen MR) is 72.6 cm³/mol. The molecule has 0 radical (unpaired) electrons. The van der Waals surface area contributed by atoms with Crippen LogP contribution in [0.3, 0.4) is 0 Å². The second kappa shape index (κ2) is 5.26. The second-order valence-electron chi connectivity index (χ2n) is 5.49. The largest absolute Gasteiger partial charge is 0.478 e. The fraction of sp³-hybridized carbons (Fsp3) is 0.462. The highest BCUT2D eigenvalue weighted by Crippen LogP contribution is 2.32. The van der Waals surface area contributed by atoms with E-state index in [0.29, 0.717) is 0 Å². The SMILES string of the molecule is CC(Nc1c(C(=O)O)cccc1[N+](=O)[O-])C(C)(C)C. The van der Waals surface area contributed by atoms with Gasteiger partial charge >= 0.3 is 5.97 Å². The highest BCUT2D eigenvalue weighted by molar-refractivity contribution is 5.96. The van der Waals surface area contributed by atoms with E-state index in [4.69, 9.17) is 5.11 Å². The van der Waals surface area contributed by atoms with Crippen molar-refractivity contribution < 1.29 is 14.8 Å². The number of carboxylic acid groups (broad SMARTS) is 1. The maximum absolute atomic E-state index is 11.2. The van der Waals surface area contributed by atoms with Gasteiger partial charge in [-0.3, -0.25) is 10.1 Å². The molecule has 0 aliphatic rings. The molecule has 0 fully saturated rings. The molecule has 6 heteroatoms. The van der Waals surface area contributed by atoms with Crippen molar-refractivity contribution in [3.05, 3.63) is 33.9 Å². The molecule has 0 aromatic heterocycles. The second-order valence-corrected chi connectivity index (χ2v) is 5.49. The fourth-order valence-corrected chi connectivity index (χ4v) is 1.46. The number of nitrogens with one attached hydrogen (secondary N) is 1. The van der Waals surface area contributed by atoms with Crippen LogP contribution in [-0.4, -0.2) is 22.0 Å². The Balaban J connectivity index is 3.30. The van der Waals surface area contributed by atoms with E-state index in [9.17, 15) is 14.9 Å². The standard InChI is InChI=1S/C13H18N2O4/c1-8(13(2,3)4)14-11-9(12(16)17)6-5-7-10(11)15(18)19/h5-8,14H,1-4H3,(H,16,17). The van der Waals surface area contributed by atoms with Gasteiger partial charge in [-0.1, -0.05) is 26.8 Å². The lowest BCUT2D eigenvalue weighted by Gasteiger charge is -2.29. The Labute approximate surface area is 111 Å². The van der Waals surface area contributed by atoms with Crippen molar-refractivity contribution in [1.82, 2.24) is 0 Å². The Bertz CT molecular complexity index is 474. The van der Waals surface area contributed by atoms with Crippen LogP contribution in [-0.2, 0) is 0 Å². The first-order valence-electron chi connectivity index (χ1n) is 5.92. The van der Waals surface area contributed by atoms with E-state index in [0.717, 1.165) is 0 Å². The van der Waals surface area contributed by atoms with Crippen molar-refractivity contribution in [1.29, 1.82) is 0 Å². The van der Waals surface area contributed by atoms with Crippen LogP contribution in [0.4, 0.5) is 11.4 Å². The maximum Gasteiger partial charge on any atom is 0.338 e. The summed E-state index contributed by atoms with van der Waals surface area (Å²) in [6.45, 7) is 7.78. The number of nitrogens with zero attached hydrogens (tertiary/aromatic N) is 1. The first-order chi connectivity index (χ1) is 8.64. The molecule has 1 rings (SSSR count). The summed E-state index contributed by atoms with van der Waals surface area (Å²) in [5, 5.41) is 23.1. The molecule has 0 aliphatic carbocycles. The van der Waals surface area contributed by atoms with Crippen LogP contribution in [0.15, 0.2) is 18.2 Å². The van der Waals surface area contributed by atoms with Gasteiger partial charge in [0, 0.05) is 12.1 Å². The molecule has 1 aromatic carbocycles. The number of hydrogen-bond donors (Lipinski definition) is 2. The van der Waals surface area contributed by atoms with Crippen LogP contribution in [0, 0.1) is 15.5 Å². The Hall–Kier alpha value is -2.11. The molecular weight excluding hydrogens is 248 g/mol. The third kappa shape index (κ3) is 3.43. The minimum Gasteiger partial charge on any atom is -0.478 e. The van der Waals surface area contributed by atoms with Gasteiger partial charge in [0.25, 0.3) is 5.69 Å². The van der Waals surface area contributed by atoms with E-state index in [1.165, 1.54) is 18.2 Å². The molecule has 0 bridgehead atoms. The first kappa shape index (κ1) is 14.9. The van der Waals surface area contributed by atoms with Crippen LogP contribution < -0.4 is 5.32 Å². The number of para-hydroxylation sites is 1. The van der Waals surface area contributed by atoms with Crippen molar-refractivity contribution in [2.24, 2.45) is 5.41 Å². The molecule has 19 heavy (non-hydrogen) atoms. The Morgan fingerprint density at radius 3 is 2.42 bits per heavy atom. The number of carbonyl (C=O) groups is 1. The first-order valence-corrected chi connectivity index (χ1v) is 5.92. The molecule has 0 saturated carbocycles. The Morgan fingerprint density at radius 1 is 1.42 bits per heavy atom. The molecule has 1 atom stereocenters. The molecule has 2 N–H and O–H groups in total. The Kier molecular flexibility index (Phi) is 4.14. The summed E-state index contributed by atoms with van der Waals surface area (Å²) >= 11 is 0. The molecule has 1 aromatic rings. The number of anilines is 1. The maximum atomic E-state index is 11.2. The van der Waals surface area contributed by atoms with Crippen molar-refractivity contribution >= 4 is 17.3 Å². The zero-order valence-corrected chi connectivity index (χ0v) is 11.4. The van der Waals surface area contributed by atoms with Gasteiger partial charge < -0.3 is 10.4 Å². The van der Waals surface area contributed by atoms with Gasteiger partial charge in [-0.2, -0.15) is 0 Å². The summed E-state index contributed by atoms with van der Waals surface area (Å²) < 4.78 is 0. The average Bonchev–Trinajstić information content (AvgIpc) is 2.27. The normalized spacial score (nSPS) is 12.8. The summed E-state index contributed by atoms with van der Waals surface area (Å²) in [5.74, 6) is -1.19. The summed E-state index contributed by atoms with van der Waals surface area (Å²) in [7, 11) is 0. The third-order valence-corrected chi connectivity index (χ3v) is 3.13. The van der Waals surface area contributed by atoms with Gasteiger partial charge in [-0.05, 0) is 18.4 Å². The van der Waals surface area contributed by atoms with E-state index in [2.05, 4.69) is 5.32 Å². The van der Waals surface area contributed by atoms with Gasteiger partial charge in [0.1, 0.15) is 5.69 Å². The summed E-state index contributed by atoms with van der Waals surface area (Å²) in [6.07, 6.45) is 0. The molecule has 0 spiro atoms. The molecule has 1 unspecified atom stereocenters. The van der Waals surface area contributed by atoms with Crippen LogP contribution in [0.1, 0.15) is 38.1 Å². The van der Waals surface area contributed by atoms with Crippen molar-refractivity contribution in [2.45, 2.75) is 33.7 Å². The van der Waals surface area contributed by atoms with Gasteiger partial charge in [-0.15, -0.1) is 0 Å². The smallest absolute Gasteiger partial charge is 0.338 e. The van der Waals surface area contributed by atoms with Crippen LogP contribution in [0.2, 0.25) is 0 Å². The van der Waals surface area contributed by atoms with Crippen molar-refractivity contribution in [3.63, 3.8) is 0 Å². The summed E-state index contributed by atoms with van der Waals surface area (Å²) in [4.78, 5) is 21.6. The zero-order chi connectivity index (χ0) is 14.8. The van der Waals surface area contributed by atoms with E-state index in [1.807, 2.05) is 27.7 Å². The lowest BCUT2D eigenvalue weighted by atomic mass is 9.87. The quantitative estimate of drug-likeness (QED) is 0.645. The van der Waals surface area contributed by atoms with Gasteiger partial charge in [0.05, 0.1) is 10.5 Å². The average molecular weight is 266 g/mol. The number of benzene rings is 1. The monoisotopic (exact) mass is 266 g/mol. The number of aromatic carboxylic acids is 1. The van der Waals surface area contributed by atoms with E-state index in [-0.39, 0.29) is 28.4 Å². The number of carboxylic acids is 1. The van der Waals surface area contributed by atoms with Gasteiger partial charge in [0.15, 0.2) is 0 Å². The number of hydrogen-bond acceptors (Lipinski definition) is 4. The summed E-state index contributed by atoms with van der Waals surface area (Å²) in [6, 6.07) is 3.90. The zero-order valence-electron chi connectivity index (χ0n) is 11.4. The minimum absolute atomic E-state index is 0.0578. The van der Waals surface area contributed by atoms with Crippen LogP contribution in [0.25, 0.3) is 0 Å². The van der Waals surface area contributed by atoms with E-state index >= 15 is 0 Å². The molecule has 0 heterocycles. The predicted octanol–water partition coefficient (Wildman–Crippen LogP) is 3.14. The highest BCUT2D eigenvalue weighted by Gasteiger charge is 2.26. The molecular formula is C13H18N2O4. The van der Waals surface area contributed by atoms with E-state index < -0.39 is 10.9 Å². The lowest BCUT2D eigenvalue weighted by Crippen LogP contribution is -2.31. The van der Waals surface area contributed by atoms with Crippen molar-refractivity contribution in [2.75, 3.05) is 5.32 Å². The molecule has 0 amide bonds. The number of nitro groups is 1. The molecule has 0 saturated heterocycles. The van der Waals surface area contributed by atoms with Crippen molar-refractivity contribution in [3.8, 4) is 0 Å². The highest BCUT2D eigenvalue weighted by atomic mass is 16.6. The minimum atomic E-state index is -1.19. The van der Waals surface area contributed by atoms with Gasteiger partial charge in [0.2, 0.25) is 0 Å². The van der Waals surface area contributed by atoms with Gasteiger partial charge in [-0.25, -0.2) is 4.79 Å². The number of rotatable bonds is 4. The number of nitro benzene ring substituents is 1. The fourth-order valence-electron chi connectivity index (χ4n) is 1.46.